The highest BCUT2D eigenvalue weighted by Crippen LogP contribution is 2.47. The van der Waals surface area contributed by atoms with Crippen molar-refractivity contribution in [2.24, 2.45) is 5.92 Å². The van der Waals surface area contributed by atoms with Crippen LogP contribution in [0, 0.1) is 5.92 Å². The topological polar surface area (TPSA) is 38.7 Å². The molecular formula is C14H18O3. The minimum absolute atomic E-state index is 0.607. The Labute approximate surface area is 101 Å². The van der Waals surface area contributed by atoms with Crippen molar-refractivity contribution in [2.45, 2.75) is 31.8 Å². The molecule has 0 unspecified atom stereocenters. The third-order valence-electron chi connectivity index (χ3n) is 3.66. The molecule has 17 heavy (non-hydrogen) atoms. The van der Waals surface area contributed by atoms with Gasteiger partial charge in [-0.25, -0.2) is 0 Å². The van der Waals surface area contributed by atoms with Crippen LogP contribution in [-0.4, -0.2) is 18.3 Å². The smallest absolute Gasteiger partial charge is 0.161 e. The first-order valence-electron chi connectivity index (χ1n) is 6.30. The standard InChI is InChI=1S/C14H18O3/c1-10-8-14(15,9-10)11-3-4-12-13(7-11)17-6-2-5-16-12/h3-4,7,10,15H,2,5-6,8-9H2,1H3. The van der Waals surface area contributed by atoms with Crippen LogP contribution in [0.25, 0.3) is 0 Å². The van der Waals surface area contributed by atoms with Crippen LogP contribution < -0.4 is 9.47 Å². The van der Waals surface area contributed by atoms with Gasteiger partial charge < -0.3 is 14.6 Å². The predicted molar refractivity (Wildman–Crippen MR) is 64.3 cm³/mol. The summed E-state index contributed by atoms with van der Waals surface area (Å²) in [7, 11) is 0. The van der Waals surface area contributed by atoms with Gasteiger partial charge in [-0.05, 0) is 36.5 Å². The van der Waals surface area contributed by atoms with E-state index < -0.39 is 5.60 Å². The molecule has 1 aliphatic heterocycles. The minimum atomic E-state index is -0.649. The second-order valence-corrected chi connectivity index (χ2v) is 5.26. The Morgan fingerprint density at radius 1 is 1.18 bits per heavy atom. The van der Waals surface area contributed by atoms with Crippen molar-refractivity contribution in [2.75, 3.05) is 13.2 Å². The molecule has 0 amide bonds. The number of aliphatic hydroxyl groups is 1. The predicted octanol–water partition coefficient (Wildman–Crippen LogP) is 2.47. The molecule has 0 spiro atoms. The van der Waals surface area contributed by atoms with Crippen LogP contribution in [-0.2, 0) is 5.60 Å². The molecule has 2 aliphatic rings. The summed E-state index contributed by atoms with van der Waals surface area (Å²) >= 11 is 0. The van der Waals surface area contributed by atoms with Gasteiger partial charge in [-0.3, -0.25) is 0 Å². The van der Waals surface area contributed by atoms with Gasteiger partial charge in [-0.1, -0.05) is 13.0 Å². The number of rotatable bonds is 1. The fraction of sp³-hybridized carbons (Fsp3) is 0.571. The number of fused-ring (bicyclic) bond motifs is 1. The maximum absolute atomic E-state index is 10.4. The van der Waals surface area contributed by atoms with Crippen LogP contribution in [0.1, 0.15) is 31.7 Å². The molecule has 1 aromatic rings. The Kier molecular flexibility index (Phi) is 2.51. The number of hydrogen-bond donors (Lipinski definition) is 1. The van der Waals surface area contributed by atoms with Crippen LogP contribution in [0.15, 0.2) is 18.2 Å². The summed E-state index contributed by atoms with van der Waals surface area (Å²) in [5.41, 5.74) is 0.309. The SMILES string of the molecule is CC1CC(O)(c2ccc3c(c2)OCCCO3)C1. The lowest BCUT2D eigenvalue weighted by Crippen LogP contribution is -2.39. The van der Waals surface area contributed by atoms with Crippen LogP contribution in [0.5, 0.6) is 11.5 Å². The molecule has 1 saturated carbocycles. The molecule has 1 aromatic carbocycles. The van der Waals surface area contributed by atoms with Gasteiger partial charge in [0.2, 0.25) is 0 Å². The molecule has 0 bridgehead atoms. The first-order valence-corrected chi connectivity index (χ1v) is 6.30. The lowest BCUT2D eigenvalue weighted by Gasteiger charge is -2.42. The molecule has 1 aliphatic carbocycles. The van der Waals surface area contributed by atoms with Gasteiger partial charge >= 0.3 is 0 Å². The Morgan fingerprint density at radius 3 is 2.59 bits per heavy atom. The summed E-state index contributed by atoms with van der Waals surface area (Å²) in [6, 6.07) is 5.81. The summed E-state index contributed by atoms with van der Waals surface area (Å²) in [6.45, 7) is 3.55. The highest BCUT2D eigenvalue weighted by molar-refractivity contribution is 5.45. The third-order valence-corrected chi connectivity index (χ3v) is 3.66. The van der Waals surface area contributed by atoms with Gasteiger partial charge in [0.25, 0.3) is 0 Å². The number of benzene rings is 1. The van der Waals surface area contributed by atoms with Gasteiger partial charge in [-0.15, -0.1) is 0 Å². The maximum atomic E-state index is 10.4. The van der Waals surface area contributed by atoms with Crippen molar-refractivity contribution < 1.29 is 14.6 Å². The molecule has 0 atom stereocenters. The second kappa shape index (κ2) is 3.91. The molecule has 0 aromatic heterocycles. The fourth-order valence-corrected chi connectivity index (χ4v) is 2.78. The first-order chi connectivity index (χ1) is 8.17. The maximum Gasteiger partial charge on any atom is 0.161 e. The van der Waals surface area contributed by atoms with E-state index in [2.05, 4.69) is 6.92 Å². The van der Waals surface area contributed by atoms with Crippen LogP contribution in [0.4, 0.5) is 0 Å². The van der Waals surface area contributed by atoms with E-state index in [-0.39, 0.29) is 0 Å². The molecule has 1 fully saturated rings. The summed E-state index contributed by atoms with van der Waals surface area (Å²) in [6.07, 6.45) is 2.59. The largest absolute Gasteiger partial charge is 0.490 e. The normalized spacial score (nSPS) is 31.5. The Hall–Kier alpha value is -1.22. The van der Waals surface area contributed by atoms with E-state index in [0.717, 1.165) is 36.3 Å². The zero-order valence-corrected chi connectivity index (χ0v) is 10.1. The van der Waals surface area contributed by atoms with Crippen molar-refractivity contribution in [3.05, 3.63) is 23.8 Å². The average Bonchev–Trinajstić information content (AvgIpc) is 2.51. The van der Waals surface area contributed by atoms with Crippen molar-refractivity contribution in [3.63, 3.8) is 0 Å². The van der Waals surface area contributed by atoms with Crippen molar-refractivity contribution in [1.29, 1.82) is 0 Å². The van der Waals surface area contributed by atoms with Gasteiger partial charge in [0.1, 0.15) is 0 Å². The lowest BCUT2D eigenvalue weighted by atomic mass is 9.68. The van der Waals surface area contributed by atoms with Crippen LogP contribution in [0.3, 0.4) is 0 Å². The van der Waals surface area contributed by atoms with Crippen LogP contribution >= 0.6 is 0 Å². The van der Waals surface area contributed by atoms with E-state index in [1.54, 1.807) is 0 Å². The first kappa shape index (κ1) is 10.9. The number of ether oxygens (including phenoxy) is 2. The average molecular weight is 234 g/mol. The number of hydrogen-bond acceptors (Lipinski definition) is 3. The summed E-state index contributed by atoms with van der Waals surface area (Å²) in [5.74, 6) is 2.17. The molecular weight excluding hydrogens is 216 g/mol. The van der Waals surface area contributed by atoms with E-state index in [1.807, 2.05) is 18.2 Å². The van der Waals surface area contributed by atoms with E-state index in [0.29, 0.717) is 19.1 Å². The van der Waals surface area contributed by atoms with Crippen molar-refractivity contribution in [1.82, 2.24) is 0 Å². The van der Waals surface area contributed by atoms with Crippen molar-refractivity contribution in [3.8, 4) is 11.5 Å². The molecule has 3 heteroatoms. The summed E-state index contributed by atoms with van der Waals surface area (Å²) in [5, 5.41) is 10.4. The summed E-state index contributed by atoms with van der Waals surface area (Å²) < 4.78 is 11.2. The molecule has 3 nitrogen and oxygen atoms in total. The fourth-order valence-electron chi connectivity index (χ4n) is 2.78. The molecule has 0 radical (unpaired) electrons. The third kappa shape index (κ3) is 1.89. The van der Waals surface area contributed by atoms with Crippen LogP contribution in [0.2, 0.25) is 0 Å². The zero-order valence-electron chi connectivity index (χ0n) is 10.1. The molecule has 1 heterocycles. The zero-order chi connectivity index (χ0) is 11.9. The van der Waals surface area contributed by atoms with E-state index in [1.165, 1.54) is 0 Å². The highest BCUT2D eigenvalue weighted by atomic mass is 16.5. The minimum Gasteiger partial charge on any atom is -0.490 e. The van der Waals surface area contributed by atoms with Crippen molar-refractivity contribution >= 4 is 0 Å². The summed E-state index contributed by atoms with van der Waals surface area (Å²) in [4.78, 5) is 0. The van der Waals surface area contributed by atoms with E-state index in [4.69, 9.17) is 9.47 Å². The molecule has 92 valence electrons. The highest BCUT2D eigenvalue weighted by Gasteiger charge is 2.41. The van der Waals surface area contributed by atoms with E-state index >= 15 is 0 Å². The second-order valence-electron chi connectivity index (χ2n) is 5.26. The quantitative estimate of drug-likeness (QED) is 0.811. The Bertz CT molecular complexity index is 421. The van der Waals surface area contributed by atoms with Gasteiger partial charge in [0.15, 0.2) is 11.5 Å². The monoisotopic (exact) mass is 234 g/mol. The Morgan fingerprint density at radius 2 is 1.88 bits per heavy atom. The van der Waals surface area contributed by atoms with E-state index in [9.17, 15) is 5.11 Å². The molecule has 1 N–H and O–H groups in total. The van der Waals surface area contributed by atoms with Gasteiger partial charge in [0.05, 0.1) is 18.8 Å². The Balaban J connectivity index is 1.90. The molecule has 0 saturated heterocycles. The van der Waals surface area contributed by atoms with Gasteiger partial charge in [0, 0.05) is 6.42 Å². The molecule has 3 rings (SSSR count). The lowest BCUT2D eigenvalue weighted by molar-refractivity contribution is -0.0739. The van der Waals surface area contributed by atoms with Gasteiger partial charge in [-0.2, -0.15) is 0 Å².